The maximum Gasteiger partial charge on any atom is 0.253 e. The van der Waals surface area contributed by atoms with E-state index in [-0.39, 0.29) is 17.6 Å². The summed E-state index contributed by atoms with van der Waals surface area (Å²) in [6.45, 7) is 1.12. The highest BCUT2D eigenvalue weighted by atomic mass is 19.1. The number of carbonyl (C=O) groups is 1. The fourth-order valence-corrected chi connectivity index (χ4v) is 4.56. The lowest BCUT2D eigenvalue weighted by molar-refractivity contribution is 0.0696. The Morgan fingerprint density at radius 2 is 1.80 bits per heavy atom. The van der Waals surface area contributed by atoms with Crippen molar-refractivity contribution in [3.8, 4) is 22.7 Å². The van der Waals surface area contributed by atoms with Crippen LogP contribution in [0.5, 0.6) is 0 Å². The Bertz CT molecular complexity index is 1510. The molecule has 3 heterocycles. The van der Waals surface area contributed by atoms with Gasteiger partial charge in [0.25, 0.3) is 5.91 Å². The summed E-state index contributed by atoms with van der Waals surface area (Å²) in [4.78, 5) is 19.7. The number of nitrogens with zero attached hydrogens (tertiary/aromatic N) is 4. The summed E-state index contributed by atoms with van der Waals surface area (Å²) >= 11 is 0. The molecule has 0 saturated carbocycles. The molecule has 0 spiro atoms. The minimum atomic E-state index is -0.358. The Hall–Kier alpha value is -4.33. The molecule has 3 aromatic carbocycles. The first-order valence-corrected chi connectivity index (χ1v) is 11.5. The number of halogens is 1. The molecule has 35 heavy (non-hydrogen) atoms. The maximum absolute atomic E-state index is 13.6. The van der Waals surface area contributed by atoms with E-state index >= 15 is 0 Å². The average molecular weight is 468 g/mol. The van der Waals surface area contributed by atoms with Crippen molar-refractivity contribution < 1.29 is 18.2 Å². The Balaban J connectivity index is 1.24. The second-order valence-corrected chi connectivity index (χ2v) is 8.67. The number of hydrogen-bond donors (Lipinski definition) is 0. The molecule has 6 rings (SSSR count). The smallest absolute Gasteiger partial charge is 0.253 e. The van der Waals surface area contributed by atoms with E-state index in [0.717, 1.165) is 23.8 Å². The van der Waals surface area contributed by atoms with Gasteiger partial charge in [-0.05, 0) is 43.2 Å². The van der Waals surface area contributed by atoms with Gasteiger partial charge < -0.3 is 13.9 Å². The van der Waals surface area contributed by atoms with Crippen LogP contribution in [-0.2, 0) is 0 Å². The molecule has 1 saturated heterocycles. The summed E-state index contributed by atoms with van der Waals surface area (Å²) in [7, 11) is 0. The minimum absolute atomic E-state index is 0.0679. The summed E-state index contributed by atoms with van der Waals surface area (Å²) in [5.74, 6) is 0.936. The highest BCUT2D eigenvalue weighted by Gasteiger charge is 2.29. The van der Waals surface area contributed by atoms with E-state index in [4.69, 9.17) is 9.05 Å². The quantitative estimate of drug-likeness (QED) is 0.336. The molecule has 8 heteroatoms. The zero-order chi connectivity index (χ0) is 23.8. The first kappa shape index (κ1) is 21.2. The molecule has 0 N–H and O–H groups in total. The van der Waals surface area contributed by atoms with E-state index in [1.54, 1.807) is 18.2 Å². The third-order valence-corrected chi connectivity index (χ3v) is 6.34. The van der Waals surface area contributed by atoms with E-state index in [1.807, 2.05) is 47.4 Å². The minimum Gasteiger partial charge on any atom is -0.355 e. The Labute approximate surface area is 200 Å². The number of piperidine rings is 1. The molecular formula is C27H21FN4O3. The second-order valence-electron chi connectivity index (χ2n) is 8.67. The van der Waals surface area contributed by atoms with Gasteiger partial charge in [0.2, 0.25) is 11.7 Å². The molecule has 1 amide bonds. The van der Waals surface area contributed by atoms with E-state index in [0.29, 0.717) is 47.2 Å². The molecule has 174 valence electrons. The van der Waals surface area contributed by atoms with Crippen molar-refractivity contribution in [3.63, 3.8) is 0 Å². The van der Waals surface area contributed by atoms with Crippen LogP contribution in [0.25, 0.3) is 33.6 Å². The van der Waals surface area contributed by atoms with Crippen LogP contribution in [-0.4, -0.2) is 39.2 Å². The van der Waals surface area contributed by atoms with Gasteiger partial charge in [0.1, 0.15) is 11.3 Å². The van der Waals surface area contributed by atoms with Gasteiger partial charge in [-0.1, -0.05) is 52.8 Å². The Morgan fingerprint density at radius 1 is 0.943 bits per heavy atom. The molecular weight excluding hydrogens is 447 g/mol. The number of aromatic nitrogens is 3. The normalized spacial score (nSPS) is 16.0. The van der Waals surface area contributed by atoms with Crippen LogP contribution in [0.2, 0.25) is 0 Å². The predicted molar refractivity (Wildman–Crippen MR) is 127 cm³/mol. The molecule has 2 aromatic heterocycles. The first-order valence-electron chi connectivity index (χ1n) is 11.5. The highest BCUT2D eigenvalue weighted by Crippen LogP contribution is 2.31. The van der Waals surface area contributed by atoms with Crippen LogP contribution >= 0.6 is 0 Å². The summed E-state index contributed by atoms with van der Waals surface area (Å²) in [5.41, 5.74) is 2.74. The number of rotatable bonds is 4. The van der Waals surface area contributed by atoms with Crippen molar-refractivity contribution in [1.82, 2.24) is 20.2 Å². The molecule has 1 fully saturated rings. The summed E-state index contributed by atoms with van der Waals surface area (Å²) in [6.07, 6.45) is 1.65. The lowest BCUT2D eigenvalue weighted by Gasteiger charge is -2.31. The average Bonchev–Trinajstić information content (AvgIpc) is 3.56. The Kier molecular flexibility index (Phi) is 5.33. The standard InChI is InChI=1S/C27H21FN4O3/c28-21-10-4-8-18(14-21)25-29-26(35-31-25)20-9-5-13-32(16-20)27(33)19-11-12-23-22(15-19)24(34-30-23)17-6-2-1-3-7-17/h1-4,6-8,10-12,14-15,20H,5,9,13,16H2. The van der Waals surface area contributed by atoms with Crippen LogP contribution in [0, 0.1) is 5.82 Å². The molecule has 0 bridgehead atoms. The molecule has 0 radical (unpaired) electrons. The van der Waals surface area contributed by atoms with Gasteiger partial charge in [-0.15, -0.1) is 0 Å². The van der Waals surface area contributed by atoms with E-state index < -0.39 is 0 Å². The van der Waals surface area contributed by atoms with E-state index in [9.17, 15) is 9.18 Å². The van der Waals surface area contributed by atoms with Crippen LogP contribution in [0.4, 0.5) is 4.39 Å². The summed E-state index contributed by atoms with van der Waals surface area (Å²) in [6, 6.07) is 21.2. The first-order chi connectivity index (χ1) is 17.2. The molecule has 1 aliphatic rings. The summed E-state index contributed by atoms with van der Waals surface area (Å²) < 4.78 is 24.7. The van der Waals surface area contributed by atoms with Crippen LogP contribution < -0.4 is 0 Å². The number of hydrogen-bond acceptors (Lipinski definition) is 6. The predicted octanol–water partition coefficient (Wildman–Crippen LogP) is 5.70. The molecule has 7 nitrogen and oxygen atoms in total. The number of benzene rings is 3. The molecule has 1 atom stereocenters. The Morgan fingerprint density at radius 3 is 2.66 bits per heavy atom. The zero-order valence-electron chi connectivity index (χ0n) is 18.7. The van der Waals surface area contributed by atoms with Crippen LogP contribution in [0.1, 0.15) is 35.0 Å². The van der Waals surface area contributed by atoms with Crippen LogP contribution in [0.3, 0.4) is 0 Å². The highest BCUT2D eigenvalue weighted by molar-refractivity contribution is 6.01. The summed E-state index contributed by atoms with van der Waals surface area (Å²) in [5, 5.41) is 8.96. The van der Waals surface area contributed by atoms with E-state index in [1.165, 1.54) is 12.1 Å². The lowest BCUT2D eigenvalue weighted by atomic mass is 9.97. The number of fused-ring (bicyclic) bond motifs is 1. The monoisotopic (exact) mass is 468 g/mol. The van der Waals surface area contributed by atoms with Crippen molar-refractivity contribution in [2.45, 2.75) is 18.8 Å². The second kappa shape index (κ2) is 8.79. The topological polar surface area (TPSA) is 85.3 Å². The maximum atomic E-state index is 13.6. The lowest BCUT2D eigenvalue weighted by Crippen LogP contribution is -2.39. The van der Waals surface area contributed by atoms with Gasteiger partial charge in [-0.25, -0.2) is 4.39 Å². The molecule has 0 aliphatic carbocycles. The molecule has 5 aromatic rings. The van der Waals surface area contributed by atoms with E-state index in [2.05, 4.69) is 15.3 Å². The van der Waals surface area contributed by atoms with Crippen molar-refractivity contribution in [2.24, 2.45) is 0 Å². The third-order valence-electron chi connectivity index (χ3n) is 6.34. The van der Waals surface area contributed by atoms with Gasteiger partial charge >= 0.3 is 0 Å². The van der Waals surface area contributed by atoms with Gasteiger partial charge in [-0.2, -0.15) is 4.98 Å². The third kappa shape index (κ3) is 4.07. The van der Waals surface area contributed by atoms with Gasteiger partial charge in [0.05, 0.1) is 11.3 Å². The van der Waals surface area contributed by atoms with Crippen molar-refractivity contribution >= 4 is 16.8 Å². The number of amides is 1. The van der Waals surface area contributed by atoms with Gasteiger partial charge in [-0.3, -0.25) is 4.79 Å². The molecule has 1 unspecified atom stereocenters. The number of carbonyl (C=O) groups excluding carboxylic acids is 1. The van der Waals surface area contributed by atoms with Crippen molar-refractivity contribution in [1.29, 1.82) is 0 Å². The SMILES string of the molecule is O=C(c1ccc2noc(-c3ccccc3)c2c1)N1CCCC(c2nc(-c3cccc(F)c3)no2)C1. The van der Waals surface area contributed by atoms with Gasteiger partial charge in [0.15, 0.2) is 5.76 Å². The number of likely N-dealkylation sites (tertiary alicyclic amines) is 1. The molecule has 1 aliphatic heterocycles. The fraction of sp³-hybridized carbons (Fsp3) is 0.185. The van der Waals surface area contributed by atoms with Gasteiger partial charge in [0, 0.05) is 29.8 Å². The largest absolute Gasteiger partial charge is 0.355 e. The van der Waals surface area contributed by atoms with Crippen molar-refractivity contribution in [3.05, 3.63) is 90.1 Å². The zero-order valence-corrected chi connectivity index (χ0v) is 18.7. The van der Waals surface area contributed by atoms with Crippen molar-refractivity contribution in [2.75, 3.05) is 13.1 Å². The van der Waals surface area contributed by atoms with Crippen LogP contribution in [0.15, 0.2) is 81.8 Å². The fourth-order valence-electron chi connectivity index (χ4n) is 4.56.